The van der Waals surface area contributed by atoms with E-state index in [-0.39, 0.29) is 0 Å². The number of rotatable bonds is 9. The molecular formula is C21H24N4. The summed E-state index contributed by atoms with van der Waals surface area (Å²) in [5, 5.41) is 6.89. The number of nitrogens with one attached hydrogen (secondary N) is 2. The second-order valence-corrected chi connectivity index (χ2v) is 5.99. The molecule has 0 aliphatic heterocycles. The van der Waals surface area contributed by atoms with E-state index < -0.39 is 0 Å². The van der Waals surface area contributed by atoms with Crippen molar-refractivity contribution in [2.24, 2.45) is 0 Å². The van der Waals surface area contributed by atoms with Crippen molar-refractivity contribution in [1.29, 1.82) is 0 Å². The Morgan fingerprint density at radius 3 is 1.80 bits per heavy atom. The monoisotopic (exact) mass is 332 g/mol. The Labute approximate surface area is 149 Å². The summed E-state index contributed by atoms with van der Waals surface area (Å²) in [4.78, 5) is 8.65. The summed E-state index contributed by atoms with van der Waals surface area (Å²) in [6.07, 6.45) is 4.62. The highest BCUT2D eigenvalue weighted by Gasteiger charge is 1.98. The Kier molecular flexibility index (Phi) is 6.68. The number of nitrogens with zero attached hydrogens (tertiary/aromatic N) is 2. The zero-order chi connectivity index (χ0) is 17.2. The van der Waals surface area contributed by atoms with Crippen molar-refractivity contribution < 1.29 is 0 Å². The standard InChI is InChI=1S/C21H24N4/c1-3-12-24-20(5-1)11-14-22-15-18-7-9-19(10-8-18)16-23-17-21-6-2-4-13-25-21/h1-10,12-13,22-23H,11,14-17H2. The average molecular weight is 332 g/mol. The fourth-order valence-electron chi connectivity index (χ4n) is 2.61. The van der Waals surface area contributed by atoms with Crippen LogP contribution in [0.4, 0.5) is 0 Å². The van der Waals surface area contributed by atoms with E-state index in [1.165, 1.54) is 11.1 Å². The lowest BCUT2D eigenvalue weighted by molar-refractivity contribution is 0.673. The number of hydrogen-bond donors (Lipinski definition) is 2. The molecular weight excluding hydrogens is 308 g/mol. The van der Waals surface area contributed by atoms with Crippen LogP contribution in [-0.4, -0.2) is 16.5 Å². The molecule has 4 nitrogen and oxygen atoms in total. The number of aromatic nitrogens is 2. The third-order valence-corrected chi connectivity index (χ3v) is 4.00. The van der Waals surface area contributed by atoms with Crippen molar-refractivity contribution in [1.82, 2.24) is 20.6 Å². The Morgan fingerprint density at radius 2 is 1.20 bits per heavy atom. The van der Waals surface area contributed by atoms with Gasteiger partial charge in [-0.25, -0.2) is 0 Å². The number of hydrogen-bond acceptors (Lipinski definition) is 4. The van der Waals surface area contributed by atoms with Crippen LogP contribution >= 0.6 is 0 Å². The average Bonchev–Trinajstić information content (AvgIpc) is 2.68. The van der Waals surface area contributed by atoms with E-state index >= 15 is 0 Å². The minimum Gasteiger partial charge on any atom is -0.312 e. The predicted octanol–water partition coefficient (Wildman–Crippen LogP) is 3.10. The minimum atomic E-state index is 0.789. The van der Waals surface area contributed by atoms with Gasteiger partial charge in [0.1, 0.15) is 0 Å². The lowest BCUT2D eigenvalue weighted by atomic mass is 10.1. The molecule has 2 heterocycles. The summed E-state index contributed by atoms with van der Waals surface area (Å²) in [5.41, 5.74) is 4.78. The second kappa shape index (κ2) is 9.67. The second-order valence-electron chi connectivity index (χ2n) is 5.99. The molecule has 0 spiro atoms. The van der Waals surface area contributed by atoms with Gasteiger partial charge < -0.3 is 10.6 Å². The predicted molar refractivity (Wildman–Crippen MR) is 101 cm³/mol. The van der Waals surface area contributed by atoms with Crippen molar-refractivity contribution in [3.8, 4) is 0 Å². The van der Waals surface area contributed by atoms with Crippen LogP contribution < -0.4 is 10.6 Å². The Morgan fingerprint density at radius 1 is 0.600 bits per heavy atom. The first-order chi connectivity index (χ1) is 12.4. The van der Waals surface area contributed by atoms with Gasteiger partial charge >= 0.3 is 0 Å². The van der Waals surface area contributed by atoms with Crippen LogP contribution in [-0.2, 0) is 26.1 Å². The van der Waals surface area contributed by atoms with Gasteiger partial charge in [-0.3, -0.25) is 9.97 Å². The van der Waals surface area contributed by atoms with Gasteiger partial charge in [-0.15, -0.1) is 0 Å². The van der Waals surface area contributed by atoms with E-state index in [1.807, 2.05) is 42.7 Å². The van der Waals surface area contributed by atoms with Crippen molar-refractivity contribution in [2.75, 3.05) is 6.54 Å². The molecule has 25 heavy (non-hydrogen) atoms. The fraction of sp³-hybridized carbons (Fsp3) is 0.238. The largest absolute Gasteiger partial charge is 0.312 e. The molecule has 0 saturated carbocycles. The first kappa shape index (κ1) is 17.3. The third kappa shape index (κ3) is 6.10. The van der Waals surface area contributed by atoms with E-state index in [4.69, 9.17) is 0 Å². The van der Waals surface area contributed by atoms with E-state index in [9.17, 15) is 0 Å². The zero-order valence-electron chi connectivity index (χ0n) is 14.4. The molecule has 4 heteroatoms. The molecule has 0 aliphatic rings. The molecule has 0 radical (unpaired) electrons. The van der Waals surface area contributed by atoms with Gasteiger partial charge in [-0.1, -0.05) is 36.4 Å². The van der Waals surface area contributed by atoms with Crippen LogP contribution in [0.5, 0.6) is 0 Å². The Bertz CT molecular complexity index is 727. The number of benzene rings is 1. The highest BCUT2D eigenvalue weighted by molar-refractivity contribution is 5.22. The molecule has 2 N–H and O–H groups in total. The quantitative estimate of drug-likeness (QED) is 0.591. The van der Waals surface area contributed by atoms with Crippen LogP contribution in [0.15, 0.2) is 73.1 Å². The van der Waals surface area contributed by atoms with E-state index in [0.717, 1.165) is 44.0 Å². The normalized spacial score (nSPS) is 10.7. The molecule has 128 valence electrons. The minimum absolute atomic E-state index is 0.789. The molecule has 0 aliphatic carbocycles. The van der Waals surface area contributed by atoms with Crippen molar-refractivity contribution in [3.05, 3.63) is 95.6 Å². The summed E-state index contributed by atoms with van der Waals surface area (Å²) < 4.78 is 0. The van der Waals surface area contributed by atoms with Gasteiger partial charge in [0.15, 0.2) is 0 Å². The highest BCUT2D eigenvalue weighted by atomic mass is 14.9. The van der Waals surface area contributed by atoms with E-state index in [1.54, 1.807) is 0 Å². The van der Waals surface area contributed by atoms with Crippen molar-refractivity contribution in [3.63, 3.8) is 0 Å². The molecule has 0 fully saturated rings. The van der Waals surface area contributed by atoms with Gasteiger partial charge in [-0.2, -0.15) is 0 Å². The van der Waals surface area contributed by atoms with Gasteiger partial charge in [-0.05, 0) is 35.4 Å². The van der Waals surface area contributed by atoms with E-state index in [0.29, 0.717) is 0 Å². The fourth-order valence-corrected chi connectivity index (χ4v) is 2.61. The molecule has 0 bridgehead atoms. The lowest BCUT2D eigenvalue weighted by Gasteiger charge is -2.07. The maximum absolute atomic E-state index is 4.33. The van der Waals surface area contributed by atoms with Crippen molar-refractivity contribution in [2.45, 2.75) is 26.1 Å². The molecule has 0 amide bonds. The van der Waals surface area contributed by atoms with Gasteiger partial charge in [0.2, 0.25) is 0 Å². The Hall–Kier alpha value is -2.56. The van der Waals surface area contributed by atoms with Crippen molar-refractivity contribution >= 4 is 0 Å². The first-order valence-corrected chi connectivity index (χ1v) is 8.69. The third-order valence-electron chi connectivity index (χ3n) is 4.00. The lowest BCUT2D eigenvalue weighted by Crippen LogP contribution is -2.17. The van der Waals surface area contributed by atoms with Crippen LogP contribution in [0.3, 0.4) is 0 Å². The molecule has 3 rings (SSSR count). The molecule has 0 atom stereocenters. The summed E-state index contributed by atoms with van der Waals surface area (Å²) in [7, 11) is 0. The molecule has 0 unspecified atom stereocenters. The number of pyridine rings is 2. The maximum atomic E-state index is 4.33. The van der Waals surface area contributed by atoms with Gasteiger partial charge in [0.25, 0.3) is 0 Å². The van der Waals surface area contributed by atoms with E-state index in [2.05, 4.69) is 50.9 Å². The molecule has 2 aromatic heterocycles. The van der Waals surface area contributed by atoms with Crippen LogP contribution in [0.1, 0.15) is 22.5 Å². The smallest absolute Gasteiger partial charge is 0.0541 e. The molecule has 3 aromatic rings. The molecule has 1 aromatic carbocycles. The van der Waals surface area contributed by atoms with Gasteiger partial charge in [0, 0.05) is 50.7 Å². The molecule has 0 saturated heterocycles. The zero-order valence-corrected chi connectivity index (χ0v) is 14.4. The summed E-state index contributed by atoms with van der Waals surface area (Å²) in [6.45, 7) is 3.46. The van der Waals surface area contributed by atoms with Crippen LogP contribution in [0, 0.1) is 0 Å². The SMILES string of the molecule is c1ccc(CCNCc2ccc(CNCc3ccccn3)cc2)nc1. The first-order valence-electron chi connectivity index (χ1n) is 8.69. The summed E-state index contributed by atoms with van der Waals surface area (Å²) >= 11 is 0. The van der Waals surface area contributed by atoms with Crippen LogP contribution in [0.2, 0.25) is 0 Å². The summed E-state index contributed by atoms with van der Waals surface area (Å²) in [6, 6.07) is 20.8. The van der Waals surface area contributed by atoms with Crippen LogP contribution in [0.25, 0.3) is 0 Å². The topological polar surface area (TPSA) is 49.8 Å². The van der Waals surface area contributed by atoms with Gasteiger partial charge in [0.05, 0.1) is 5.69 Å². The highest BCUT2D eigenvalue weighted by Crippen LogP contribution is 2.05. The Balaban J connectivity index is 1.35. The summed E-state index contributed by atoms with van der Waals surface area (Å²) in [5.74, 6) is 0. The maximum Gasteiger partial charge on any atom is 0.0541 e.